The molecule has 1 fully saturated rings. The van der Waals surface area contributed by atoms with Gasteiger partial charge >= 0.3 is 5.97 Å². The normalized spacial score (nSPS) is 19.5. The van der Waals surface area contributed by atoms with Gasteiger partial charge in [0.2, 0.25) is 0 Å². The number of benzene rings is 1. The monoisotopic (exact) mass is 354 g/mol. The van der Waals surface area contributed by atoms with E-state index in [1.165, 1.54) is 0 Å². The molecule has 2 amide bonds. The third-order valence-corrected chi connectivity index (χ3v) is 3.88. The van der Waals surface area contributed by atoms with Gasteiger partial charge in [-0.1, -0.05) is 19.1 Å². The Morgan fingerprint density at radius 1 is 1.29 bits per heavy atom. The van der Waals surface area contributed by atoms with Crippen LogP contribution < -0.4 is 10.9 Å². The van der Waals surface area contributed by atoms with Crippen LogP contribution in [0.25, 0.3) is 0 Å². The molecule has 0 unspecified atom stereocenters. The Hall–Kier alpha value is -1.89. The van der Waals surface area contributed by atoms with E-state index < -0.39 is 18.4 Å². The molecule has 6 nitrogen and oxygen atoms in total. The number of rotatable bonds is 4. The summed E-state index contributed by atoms with van der Waals surface area (Å²) >= 11 is 3.24. The largest absolute Gasteiger partial charge is 0.455 e. The summed E-state index contributed by atoms with van der Waals surface area (Å²) in [6, 6.07) is 6.81. The zero-order valence-electron chi connectivity index (χ0n) is 11.4. The summed E-state index contributed by atoms with van der Waals surface area (Å²) in [6.45, 7) is 1.54. The first-order valence-electron chi connectivity index (χ1n) is 6.49. The lowest BCUT2D eigenvalue weighted by atomic mass is 10.2. The van der Waals surface area contributed by atoms with E-state index in [9.17, 15) is 14.4 Å². The van der Waals surface area contributed by atoms with Crippen molar-refractivity contribution in [3.05, 3.63) is 34.3 Å². The van der Waals surface area contributed by atoms with Gasteiger partial charge in [0.15, 0.2) is 6.61 Å². The molecule has 0 bridgehead atoms. The summed E-state index contributed by atoms with van der Waals surface area (Å²) in [4.78, 5) is 34.7. The number of amides is 2. The number of carbonyl (C=O) groups excluding carboxylic acids is 3. The standard InChI is InChI=1S/C14H15BrN2O4/c1-8-6-10(8)14(20)21-7-12(18)16-17-13(19)9-4-2-3-5-11(9)15/h2-5,8,10H,6-7H2,1H3,(H,16,18)(H,17,19)/t8-,10-/m1/s1. The third kappa shape index (κ3) is 4.29. The molecule has 1 aliphatic carbocycles. The average Bonchev–Trinajstić information content (AvgIpc) is 3.19. The van der Waals surface area contributed by atoms with Gasteiger partial charge < -0.3 is 4.74 Å². The highest BCUT2D eigenvalue weighted by atomic mass is 79.9. The van der Waals surface area contributed by atoms with Crippen molar-refractivity contribution in [3.8, 4) is 0 Å². The predicted molar refractivity (Wildman–Crippen MR) is 78.0 cm³/mol. The van der Waals surface area contributed by atoms with Gasteiger partial charge in [-0.2, -0.15) is 0 Å². The molecule has 1 saturated carbocycles. The molecule has 2 rings (SSSR count). The SMILES string of the molecule is C[C@@H]1C[C@H]1C(=O)OCC(=O)NNC(=O)c1ccccc1Br. The molecule has 2 N–H and O–H groups in total. The van der Waals surface area contributed by atoms with E-state index in [2.05, 4.69) is 26.8 Å². The lowest BCUT2D eigenvalue weighted by molar-refractivity contribution is -0.150. The van der Waals surface area contributed by atoms with Crippen LogP contribution in [0.15, 0.2) is 28.7 Å². The molecule has 0 heterocycles. The lowest BCUT2D eigenvalue weighted by Crippen LogP contribution is -2.43. The van der Waals surface area contributed by atoms with Crippen molar-refractivity contribution in [3.63, 3.8) is 0 Å². The van der Waals surface area contributed by atoms with Crippen molar-refractivity contribution < 1.29 is 19.1 Å². The summed E-state index contributed by atoms with van der Waals surface area (Å²) in [5.74, 6) is -1.17. The summed E-state index contributed by atoms with van der Waals surface area (Å²) in [5.41, 5.74) is 4.85. The van der Waals surface area contributed by atoms with E-state index in [4.69, 9.17) is 4.74 Å². The quantitative estimate of drug-likeness (QED) is 0.632. The topological polar surface area (TPSA) is 84.5 Å². The minimum Gasteiger partial charge on any atom is -0.455 e. The van der Waals surface area contributed by atoms with Crippen molar-refractivity contribution in [1.29, 1.82) is 0 Å². The molecule has 1 aromatic carbocycles. The van der Waals surface area contributed by atoms with Gasteiger partial charge in [-0.25, -0.2) is 0 Å². The second-order valence-electron chi connectivity index (χ2n) is 4.91. The molecule has 1 aromatic rings. The van der Waals surface area contributed by atoms with Crippen molar-refractivity contribution in [1.82, 2.24) is 10.9 Å². The molecule has 21 heavy (non-hydrogen) atoms. The van der Waals surface area contributed by atoms with Gasteiger partial charge in [-0.3, -0.25) is 25.2 Å². The fraction of sp³-hybridized carbons (Fsp3) is 0.357. The number of hydrogen-bond donors (Lipinski definition) is 2. The fourth-order valence-electron chi connectivity index (χ4n) is 1.77. The highest BCUT2D eigenvalue weighted by Gasteiger charge is 2.40. The number of hydrazine groups is 1. The van der Waals surface area contributed by atoms with Crippen LogP contribution >= 0.6 is 15.9 Å². The van der Waals surface area contributed by atoms with Gasteiger partial charge in [-0.05, 0) is 40.4 Å². The first kappa shape index (κ1) is 15.5. The van der Waals surface area contributed by atoms with Crippen LogP contribution in [0, 0.1) is 11.8 Å². The van der Waals surface area contributed by atoms with Crippen molar-refractivity contribution in [2.24, 2.45) is 11.8 Å². The summed E-state index contributed by atoms with van der Waals surface area (Å²) in [6.07, 6.45) is 0.805. The van der Waals surface area contributed by atoms with Crippen LogP contribution in [0.2, 0.25) is 0 Å². The smallest absolute Gasteiger partial charge is 0.309 e. The van der Waals surface area contributed by atoms with Crippen LogP contribution in [0.1, 0.15) is 23.7 Å². The van der Waals surface area contributed by atoms with Crippen LogP contribution in [-0.4, -0.2) is 24.4 Å². The fourth-order valence-corrected chi connectivity index (χ4v) is 2.23. The maximum absolute atomic E-state index is 11.8. The summed E-state index contributed by atoms with van der Waals surface area (Å²) in [5, 5.41) is 0. The summed E-state index contributed by atoms with van der Waals surface area (Å²) < 4.78 is 5.46. The van der Waals surface area contributed by atoms with Crippen LogP contribution in [0.5, 0.6) is 0 Å². The summed E-state index contributed by atoms with van der Waals surface area (Å²) in [7, 11) is 0. The highest BCUT2D eigenvalue weighted by molar-refractivity contribution is 9.10. The molecular weight excluding hydrogens is 340 g/mol. The number of ether oxygens (including phenoxy) is 1. The molecule has 0 saturated heterocycles. The molecule has 0 spiro atoms. The Labute approximate surface area is 130 Å². The number of hydrogen-bond acceptors (Lipinski definition) is 4. The van der Waals surface area contributed by atoms with Gasteiger partial charge in [0.1, 0.15) is 0 Å². The first-order valence-corrected chi connectivity index (χ1v) is 7.28. The van der Waals surface area contributed by atoms with Gasteiger partial charge in [0.25, 0.3) is 11.8 Å². The van der Waals surface area contributed by atoms with Gasteiger partial charge in [-0.15, -0.1) is 0 Å². The van der Waals surface area contributed by atoms with E-state index in [1.54, 1.807) is 24.3 Å². The molecule has 0 radical (unpaired) electrons. The molecule has 0 aliphatic heterocycles. The second kappa shape index (κ2) is 6.71. The second-order valence-corrected chi connectivity index (χ2v) is 5.76. The van der Waals surface area contributed by atoms with E-state index in [1.807, 2.05) is 6.92 Å². The number of carbonyl (C=O) groups is 3. The molecule has 112 valence electrons. The Morgan fingerprint density at radius 2 is 1.95 bits per heavy atom. The van der Waals surface area contributed by atoms with Crippen molar-refractivity contribution >= 4 is 33.7 Å². The molecule has 2 atom stereocenters. The third-order valence-electron chi connectivity index (χ3n) is 3.19. The highest BCUT2D eigenvalue weighted by Crippen LogP contribution is 2.38. The van der Waals surface area contributed by atoms with Crippen LogP contribution in [-0.2, 0) is 14.3 Å². The Bertz CT molecular complexity index is 576. The van der Waals surface area contributed by atoms with E-state index in [-0.39, 0.29) is 11.9 Å². The Morgan fingerprint density at radius 3 is 2.57 bits per heavy atom. The number of nitrogens with one attached hydrogen (secondary N) is 2. The lowest BCUT2D eigenvalue weighted by Gasteiger charge is -2.08. The Kier molecular flexibility index (Phi) is 4.95. The predicted octanol–water partition coefficient (Wildman–Crippen LogP) is 1.41. The molecule has 1 aliphatic rings. The first-order chi connectivity index (χ1) is 9.99. The molecule has 7 heteroatoms. The van der Waals surface area contributed by atoms with Crippen molar-refractivity contribution in [2.75, 3.05) is 6.61 Å². The number of halogens is 1. The average molecular weight is 355 g/mol. The zero-order valence-corrected chi connectivity index (χ0v) is 13.0. The van der Waals surface area contributed by atoms with Gasteiger partial charge in [0, 0.05) is 4.47 Å². The molecular formula is C14H15BrN2O4. The van der Waals surface area contributed by atoms with Crippen LogP contribution in [0.4, 0.5) is 0 Å². The van der Waals surface area contributed by atoms with E-state index in [0.29, 0.717) is 16.0 Å². The van der Waals surface area contributed by atoms with Gasteiger partial charge in [0.05, 0.1) is 11.5 Å². The van der Waals surface area contributed by atoms with E-state index >= 15 is 0 Å². The zero-order chi connectivity index (χ0) is 15.4. The Balaban J connectivity index is 1.72. The maximum Gasteiger partial charge on any atom is 0.309 e. The van der Waals surface area contributed by atoms with Crippen LogP contribution in [0.3, 0.4) is 0 Å². The van der Waals surface area contributed by atoms with E-state index in [0.717, 1.165) is 6.42 Å². The number of esters is 1. The minimum absolute atomic E-state index is 0.0901. The minimum atomic E-state index is -0.586. The van der Waals surface area contributed by atoms with Crippen molar-refractivity contribution in [2.45, 2.75) is 13.3 Å². The maximum atomic E-state index is 11.8. The molecule has 0 aromatic heterocycles.